The monoisotopic (exact) mass is 297 g/mol. The van der Waals surface area contributed by atoms with Gasteiger partial charge < -0.3 is 10.2 Å². The summed E-state index contributed by atoms with van der Waals surface area (Å²) in [5.74, 6) is 0.801. The van der Waals surface area contributed by atoms with Crippen LogP contribution < -0.4 is 10.2 Å². The maximum Gasteiger partial charge on any atom is 0.271 e. The van der Waals surface area contributed by atoms with E-state index in [1.54, 1.807) is 6.20 Å². The average Bonchev–Trinajstić information content (AvgIpc) is 2.56. The molecule has 1 atom stereocenters. The molecule has 0 saturated carbocycles. The topological polar surface area (TPSA) is 71.0 Å². The summed E-state index contributed by atoms with van der Waals surface area (Å²) in [6.07, 6.45) is 6.56. The van der Waals surface area contributed by atoms with Gasteiger partial charge in [-0.3, -0.25) is 9.78 Å². The van der Waals surface area contributed by atoms with Crippen molar-refractivity contribution in [1.82, 2.24) is 20.3 Å². The molecular formula is C16H19N5O. The Morgan fingerprint density at radius 3 is 3.05 bits per heavy atom. The van der Waals surface area contributed by atoms with Crippen molar-refractivity contribution in [2.45, 2.75) is 25.8 Å². The molecule has 1 aliphatic rings. The van der Waals surface area contributed by atoms with E-state index in [1.807, 2.05) is 25.1 Å². The van der Waals surface area contributed by atoms with Crippen molar-refractivity contribution in [2.75, 3.05) is 18.0 Å². The zero-order valence-electron chi connectivity index (χ0n) is 12.6. The fourth-order valence-electron chi connectivity index (χ4n) is 2.68. The predicted molar refractivity (Wildman–Crippen MR) is 83.7 cm³/mol. The summed E-state index contributed by atoms with van der Waals surface area (Å²) < 4.78 is 0. The third-order valence-electron chi connectivity index (χ3n) is 3.75. The van der Waals surface area contributed by atoms with Crippen molar-refractivity contribution in [2.24, 2.45) is 0 Å². The molecule has 0 spiro atoms. The second-order valence-electron chi connectivity index (χ2n) is 5.49. The first-order chi connectivity index (χ1) is 10.7. The number of anilines is 1. The lowest BCUT2D eigenvalue weighted by molar-refractivity contribution is 0.0927. The molecule has 1 fully saturated rings. The lowest BCUT2D eigenvalue weighted by Crippen LogP contribution is -2.48. The largest absolute Gasteiger partial charge is 0.355 e. The van der Waals surface area contributed by atoms with Crippen LogP contribution >= 0.6 is 0 Å². The molecule has 3 heterocycles. The van der Waals surface area contributed by atoms with Crippen molar-refractivity contribution < 1.29 is 4.79 Å². The first-order valence-corrected chi connectivity index (χ1v) is 7.48. The highest BCUT2D eigenvalue weighted by Gasteiger charge is 2.23. The quantitative estimate of drug-likeness (QED) is 0.931. The Hall–Kier alpha value is -2.50. The predicted octanol–water partition coefficient (Wildman–Crippen LogP) is 1.58. The Balaban J connectivity index is 1.65. The van der Waals surface area contributed by atoms with Gasteiger partial charge >= 0.3 is 0 Å². The summed E-state index contributed by atoms with van der Waals surface area (Å²) in [7, 11) is 0. The van der Waals surface area contributed by atoms with E-state index in [0.717, 1.165) is 37.4 Å². The summed E-state index contributed by atoms with van der Waals surface area (Å²) in [6, 6.07) is 6.12. The number of nitrogens with one attached hydrogen (secondary N) is 1. The van der Waals surface area contributed by atoms with Crippen molar-refractivity contribution in [3.05, 3.63) is 48.2 Å². The lowest BCUT2D eigenvalue weighted by atomic mass is 10.1. The number of hydrogen-bond donors (Lipinski definition) is 1. The number of carbonyl (C=O) groups excluding carboxylic acids is 1. The smallest absolute Gasteiger partial charge is 0.271 e. The number of pyridine rings is 1. The minimum absolute atomic E-state index is 0.102. The second kappa shape index (κ2) is 6.51. The van der Waals surface area contributed by atoms with Gasteiger partial charge in [0.1, 0.15) is 11.5 Å². The number of aromatic nitrogens is 3. The summed E-state index contributed by atoms with van der Waals surface area (Å²) in [5, 5.41) is 3.04. The molecule has 22 heavy (non-hydrogen) atoms. The van der Waals surface area contributed by atoms with Gasteiger partial charge in [-0.15, -0.1) is 0 Å². The maximum atomic E-state index is 12.2. The summed E-state index contributed by atoms with van der Waals surface area (Å²) in [5.41, 5.74) is 1.36. The van der Waals surface area contributed by atoms with Crippen molar-refractivity contribution in [3.8, 4) is 0 Å². The fraction of sp³-hybridized carbons (Fsp3) is 0.375. The van der Waals surface area contributed by atoms with Crippen LogP contribution in [-0.2, 0) is 0 Å². The van der Waals surface area contributed by atoms with Gasteiger partial charge in [-0.2, -0.15) is 0 Å². The Morgan fingerprint density at radius 1 is 1.36 bits per heavy atom. The van der Waals surface area contributed by atoms with E-state index in [1.165, 1.54) is 12.4 Å². The van der Waals surface area contributed by atoms with Gasteiger partial charge in [0.05, 0.1) is 6.20 Å². The minimum Gasteiger partial charge on any atom is -0.355 e. The van der Waals surface area contributed by atoms with Crippen LogP contribution in [0.3, 0.4) is 0 Å². The molecule has 3 rings (SSSR count). The van der Waals surface area contributed by atoms with E-state index < -0.39 is 0 Å². The molecule has 2 aromatic rings. The standard InChI is InChI=1S/C16H19N5O/c1-12-4-2-6-15(19-12)21-9-3-5-13(11-21)20-16(22)14-10-17-7-8-18-14/h2,4,6-8,10,13H,3,5,9,11H2,1H3,(H,20,22)/t13-/m1/s1. The van der Waals surface area contributed by atoms with Gasteiger partial charge in [0.25, 0.3) is 5.91 Å². The first-order valence-electron chi connectivity index (χ1n) is 7.48. The molecule has 6 heteroatoms. The lowest BCUT2D eigenvalue weighted by Gasteiger charge is -2.34. The Kier molecular flexibility index (Phi) is 4.27. The summed E-state index contributed by atoms with van der Waals surface area (Å²) in [4.78, 5) is 26.9. The van der Waals surface area contributed by atoms with Crippen LogP contribution in [0.15, 0.2) is 36.8 Å². The zero-order chi connectivity index (χ0) is 15.4. The van der Waals surface area contributed by atoms with Crippen LogP contribution in [0, 0.1) is 6.92 Å². The molecule has 1 aliphatic heterocycles. The van der Waals surface area contributed by atoms with Crippen LogP contribution in [0.25, 0.3) is 0 Å². The average molecular weight is 297 g/mol. The number of nitrogens with zero attached hydrogens (tertiary/aromatic N) is 4. The molecule has 0 bridgehead atoms. The molecule has 0 unspecified atom stereocenters. The Labute approximate surface area is 129 Å². The fourth-order valence-corrected chi connectivity index (χ4v) is 2.68. The van der Waals surface area contributed by atoms with Crippen LogP contribution in [-0.4, -0.2) is 40.0 Å². The SMILES string of the molecule is Cc1cccc(N2CCC[C@@H](NC(=O)c3cnccn3)C2)n1. The van der Waals surface area contributed by atoms with Crippen LogP contribution in [0.1, 0.15) is 29.0 Å². The summed E-state index contributed by atoms with van der Waals surface area (Å²) >= 11 is 0. The molecule has 2 aromatic heterocycles. The molecule has 0 aromatic carbocycles. The van der Waals surface area contributed by atoms with Gasteiger partial charge in [0, 0.05) is 37.2 Å². The van der Waals surface area contributed by atoms with Gasteiger partial charge in [-0.1, -0.05) is 6.07 Å². The molecule has 1 amide bonds. The molecule has 0 radical (unpaired) electrons. The number of rotatable bonds is 3. The highest BCUT2D eigenvalue weighted by molar-refractivity contribution is 5.92. The molecule has 1 N–H and O–H groups in total. The molecule has 114 valence electrons. The van der Waals surface area contributed by atoms with E-state index in [-0.39, 0.29) is 11.9 Å². The van der Waals surface area contributed by atoms with Gasteiger partial charge in [0.2, 0.25) is 0 Å². The number of amides is 1. The van der Waals surface area contributed by atoms with E-state index >= 15 is 0 Å². The van der Waals surface area contributed by atoms with E-state index in [0.29, 0.717) is 5.69 Å². The molecular weight excluding hydrogens is 278 g/mol. The third-order valence-corrected chi connectivity index (χ3v) is 3.75. The number of carbonyl (C=O) groups is 1. The summed E-state index contributed by atoms with van der Waals surface area (Å²) in [6.45, 7) is 3.72. The normalized spacial score (nSPS) is 18.0. The van der Waals surface area contributed by atoms with Crippen LogP contribution in [0.2, 0.25) is 0 Å². The van der Waals surface area contributed by atoms with Crippen LogP contribution in [0.5, 0.6) is 0 Å². The number of hydrogen-bond acceptors (Lipinski definition) is 5. The van der Waals surface area contributed by atoms with Gasteiger partial charge in [-0.25, -0.2) is 9.97 Å². The molecule has 1 saturated heterocycles. The van der Waals surface area contributed by atoms with E-state index in [4.69, 9.17) is 0 Å². The highest BCUT2D eigenvalue weighted by Crippen LogP contribution is 2.18. The second-order valence-corrected chi connectivity index (χ2v) is 5.49. The Bertz CT molecular complexity index is 646. The highest BCUT2D eigenvalue weighted by atomic mass is 16.1. The number of piperidine rings is 1. The molecule has 0 aliphatic carbocycles. The third kappa shape index (κ3) is 3.39. The van der Waals surface area contributed by atoms with E-state index in [2.05, 4.69) is 25.2 Å². The van der Waals surface area contributed by atoms with Crippen molar-refractivity contribution >= 4 is 11.7 Å². The minimum atomic E-state index is -0.169. The van der Waals surface area contributed by atoms with Gasteiger partial charge in [-0.05, 0) is 31.9 Å². The first kappa shape index (κ1) is 14.4. The molecule has 6 nitrogen and oxygen atoms in total. The number of aryl methyl sites for hydroxylation is 1. The van der Waals surface area contributed by atoms with Crippen LogP contribution in [0.4, 0.5) is 5.82 Å². The maximum absolute atomic E-state index is 12.2. The van der Waals surface area contributed by atoms with E-state index in [9.17, 15) is 4.79 Å². The van der Waals surface area contributed by atoms with Gasteiger partial charge in [0.15, 0.2) is 0 Å². The van der Waals surface area contributed by atoms with Crippen molar-refractivity contribution in [3.63, 3.8) is 0 Å². The van der Waals surface area contributed by atoms with Crippen molar-refractivity contribution in [1.29, 1.82) is 0 Å². The Morgan fingerprint density at radius 2 is 2.27 bits per heavy atom. The zero-order valence-corrected chi connectivity index (χ0v) is 12.6.